The van der Waals surface area contributed by atoms with Crippen LogP contribution in [0, 0.1) is 5.41 Å². The molecule has 0 unspecified atom stereocenters. The number of aryl methyl sites for hydroxylation is 1. The number of phenols is 1. The number of benzene rings is 1. The van der Waals surface area contributed by atoms with Crippen LogP contribution in [0.5, 0.6) is 5.75 Å². The van der Waals surface area contributed by atoms with Gasteiger partial charge in [0.15, 0.2) is 0 Å². The van der Waals surface area contributed by atoms with Crippen molar-refractivity contribution in [1.82, 2.24) is 0 Å². The number of phenolic OH excluding ortho intramolecular Hbond substituents is 1. The number of aromatic hydroxyl groups is 1. The zero-order valence-corrected chi connectivity index (χ0v) is 8.67. The molecule has 0 aliphatic heterocycles. The van der Waals surface area contributed by atoms with Gasteiger partial charge in [0.1, 0.15) is 5.75 Å². The first-order valence-corrected chi connectivity index (χ1v) is 4.75. The molecular formula is C12H18O. The van der Waals surface area contributed by atoms with Gasteiger partial charge in [0.25, 0.3) is 0 Å². The molecule has 0 fully saturated rings. The predicted molar refractivity (Wildman–Crippen MR) is 55.9 cm³/mol. The maximum absolute atomic E-state index is 9.24. The Kier molecular flexibility index (Phi) is 2.97. The van der Waals surface area contributed by atoms with E-state index in [1.807, 2.05) is 12.1 Å². The van der Waals surface area contributed by atoms with Crippen molar-refractivity contribution in [2.24, 2.45) is 5.41 Å². The van der Waals surface area contributed by atoms with Crippen molar-refractivity contribution in [3.8, 4) is 5.75 Å². The molecule has 0 aromatic heterocycles. The van der Waals surface area contributed by atoms with Crippen molar-refractivity contribution in [2.75, 3.05) is 0 Å². The van der Waals surface area contributed by atoms with Gasteiger partial charge >= 0.3 is 0 Å². The van der Waals surface area contributed by atoms with Crippen LogP contribution < -0.4 is 0 Å². The Bertz CT molecular complexity index is 271. The van der Waals surface area contributed by atoms with Crippen LogP contribution >= 0.6 is 0 Å². The highest BCUT2D eigenvalue weighted by atomic mass is 16.3. The fourth-order valence-electron chi connectivity index (χ4n) is 1.23. The summed E-state index contributed by atoms with van der Waals surface area (Å²) in [5.41, 5.74) is 1.58. The molecule has 72 valence electrons. The van der Waals surface area contributed by atoms with Crippen molar-refractivity contribution in [3.05, 3.63) is 29.8 Å². The molecule has 0 spiro atoms. The standard InChI is InChI=1S/C12H18O/c1-12(2,3)8-7-10-5-4-6-11(13)9-10/h4-6,9,13H,7-8H2,1-3H3. The zero-order valence-electron chi connectivity index (χ0n) is 8.67. The molecule has 1 rings (SSSR count). The van der Waals surface area contributed by atoms with Crippen molar-refractivity contribution in [2.45, 2.75) is 33.6 Å². The van der Waals surface area contributed by atoms with Crippen LogP contribution in [0.25, 0.3) is 0 Å². The Morgan fingerprint density at radius 3 is 2.46 bits per heavy atom. The van der Waals surface area contributed by atoms with E-state index in [-0.39, 0.29) is 0 Å². The Morgan fingerprint density at radius 1 is 1.23 bits per heavy atom. The van der Waals surface area contributed by atoms with Gasteiger partial charge in [-0.2, -0.15) is 0 Å². The van der Waals surface area contributed by atoms with E-state index in [0.29, 0.717) is 11.2 Å². The normalized spacial score (nSPS) is 11.6. The minimum Gasteiger partial charge on any atom is -0.508 e. The van der Waals surface area contributed by atoms with Crippen LogP contribution in [0.15, 0.2) is 24.3 Å². The SMILES string of the molecule is CC(C)(C)CCc1cccc(O)c1. The quantitative estimate of drug-likeness (QED) is 0.736. The highest BCUT2D eigenvalue weighted by Gasteiger charge is 2.09. The molecule has 13 heavy (non-hydrogen) atoms. The zero-order chi connectivity index (χ0) is 9.90. The van der Waals surface area contributed by atoms with E-state index in [1.54, 1.807) is 6.07 Å². The van der Waals surface area contributed by atoms with Crippen molar-refractivity contribution in [1.29, 1.82) is 0 Å². The Morgan fingerprint density at radius 2 is 1.92 bits per heavy atom. The van der Waals surface area contributed by atoms with E-state index in [0.717, 1.165) is 12.8 Å². The topological polar surface area (TPSA) is 20.2 Å². The lowest BCUT2D eigenvalue weighted by molar-refractivity contribution is 0.377. The van der Waals surface area contributed by atoms with Crippen LogP contribution in [-0.4, -0.2) is 5.11 Å². The van der Waals surface area contributed by atoms with Gasteiger partial charge in [0, 0.05) is 0 Å². The van der Waals surface area contributed by atoms with Crippen molar-refractivity contribution in [3.63, 3.8) is 0 Å². The third-order valence-corrected chi connectivity index (χ3v) is 2.07. The highest BCUT2D eigenvalue weighted by Crippen LogP contribution is 2.22. The molecule has 0 amide bonds. The van der Waals surface area contributed by atoms with Crippen LogP contribution in [0.2, 0.25) is 0 Å². The molecule has 0 bridgehead atoms. The van der Waals surface area contributed by atoms with Crippen molar-refractivity contribution >= 4 is 0 Å². The molecule has 1 heteroatoms. The first kappa shape index (κ1) is 10.1. The van der Waals surface area contributed by atoms with Crippen LogP contribution in [0.4, 0.5) is 0 Å². The summed E-state index contributed by atoms with van der Waals surface area (Å²) in [6, 6.07) is 7.51. The lowest BCUT2D eigenvalue weighted by Gasteiger charge is -2.17. The summed E-state index contributed by atoms with van der Waals surface area (Å²) < 4.78 is 0. The third kappa shape index (κ3) is 3.97. The fraction of sp³-hybridized carbons (Fsp3) is 0.500. The summed E-state index contributed by atoms with van der Waals surface area (Å²) in [5.74, 6) is 0.367. The molecule has 0 aliphatic rings. The minimum atomic E-state index is 0.367. The third-order valence-electron chi connectivity index (χ3n) is 2.07. The number of hydrogen-bond acceptors (Lipinski definition) is 1. The van der Waals surface area contributed by atoms with Gasteiger partial charge in [-0.1, -0.05) is 32.9 Å². The summed E-state index contributed by atoms with van der Waals surface area (Å²) in [6.45, 7) is 6.70. The van der Waals surface area contributed by atoms with Gasteiger partial charge in [0.05, 0.1) is 0 Å². The second-order valence-corrected chi connectivity index (χ2v) is 4.73. The predicted octanol–water partition coefficient (Wildman–Crippen LogP) is 3.37. The van der Waals surface area contributed by atoms with Gasteiger partial charge in [-0.15, -0.1) is 0 Å². The monoisotopic (exact) mass is 178 g/mol. The van der Waals surface area contributed by atoms with Gasteiger partial charge in [-0.3, -0.25) is 0 Å². The van der Waals surface area contributed by atoms with Gasteiger partial charge in [0.2, 0.25) is 0 Å². The second-order valence-electron chi connectivity index (χ2n) is 4.73. The fourth-order valence-corrected chi connectivity index (χ4v) is 1.23. The summed E-state index contributed by atoms with van der Waals surface area (Å²) in [6.07, 6.45) is 2.19. The molecule has 0 saturated carbocycles. The lowest BCUT2D eigenvalue weighted by Crippen LogP contribution is -2.06. The van der Waals surface area contributed by atoms with Crippen LogP contribution in [-0.2, 0) is 6.42 Å². The molecular weight excluding hydrogens is 160 g/mol. The Labute approximate surface area is 80.4 Å². The van der Waals surface area contributed by atoms with Gasteiger partial charge < -0.3 is 5.11 Å². The number of rotatable bonds is 2. The molecule has 0 saturated heterocycles. The highest BCUT2D eigenvalue weighted by molar-refractivity contribution is 5.27. The average molecular weight is 178 g/mol. The molecule has 1 aromatic carbocycles. The molecule has 0 atom stereocenters. The summed E-state index contributed by atoms with van der Waals surface area (Å²) in [4.78, 5) is 0. The smallest absolute Gasteiger partial charge is 0.115 e. The molecule has 0 radical (unpaired) electrons. The molecule has 0 aliphatic carbocycles. The first-order valence-electron chi connectivity index (χ1n) is 4.75. The van der Waals surface area contributed by atoms with Gasteiger partial charge in [-0.05, 0) is 36.0 Å². The van der Waals surface area contributed by atoms with E-state index in [4.69, 9.17) is 0 Å². The molecule has 0 heterocycles. The lowest BCUT2D eigenvalue weighted by atomic mass is 9.89. The van der Waals surface area contributed by atoms with E-state index in [2.05, 4.69) is 26.8 Å². The van der Waals surface area contributed by atoms with Crippen LogP contribution in [0.1, 0.15) is 32.8 Å². The maximum atomic E-state index is 9.24. The summed E-state index contributed by atoms with van der Waals surface area (Å²) in [5, 5.41) is 9.24. The Balaban J connectivity index is 2.55. The number of hydrogen-bond donors (Lipinski definition) is 1. The van der Waals surface area contributed by atoms with E-state index < -0.39 is 0 Å². The average Bonchev–Trinajstić information content (AvgIpc) is 2.00. The Hall–Kier alpha value is -0.980. The first-order chi connectivity index (χ1) is 5.97. The van der Waals surface area contributed by atoms with E-state index in [9.17, 15) is 5.11 Å². The summed E-state index contributed by atoms with van der Waals surface area (Å²) >= 11 is 0. The van der Waals surface area contributed by atoms with Crippen LogP contribution in [0.3, 0.4) is 0 Å². The van der Waals surface area contributed by atoms with E-state index >= 15 is 0 Å². The molecule has 1 N–H and O–H groups in total. The van der Waals surface area contributed by atoms with Gasteiger partial charge in [-0.25, -0.2) is 0 Å². The summed E-state index contributed by atoms with van der Waals surface area (Å²) in [7, 11) is 0. The molecule has 1 nitrogen and oxygen atoms in total. The minimum absolute atomic E-state index is 0.367. The molecule has 1 aromatic rings. The van der Waals surface area contributed by atoms with Crippen molar-refractivity contribution < 1.29 is 5.11 Å². The maximum Gasteiger partial charge on any atom is 0.115 e. The largest absolute Gasteiger partial charge is 0.508 e. The second kappa shape index (κ2) is 3.82. The van der Waals surface area contributed by atoms with E-state index in [1.165, 1.54) is 5.56 Å².